The largest absolute Gasteiger partial charge is 0.391 e. The highest BCUT2D eigenvalue weighted by atomic mass is 16.3. The number of aliphatic hydroxyl groups is 1. The molecule has 0 aromatic heterocycles. The molecule has 0 aliphatic carbocycles. The van der Waals surface area contributed by atoms with Crippen LogP contribution in [0.3, 0.4) is 0 Å². The van der Waals surface area contributed by atoms with Gasteiger partial charge < -0.3 is 10.0 Å². The van der Waals surface area contributed by atoms with Crippen LogP contribution in [0.1, 0.15) is 18.9 Å². The van der Waals surface area contributed by atoms with E-state index in [1.54, 1.807) is 16.8 Å². The summed E-state index contributed by atoms with van der Waals surface area (Å²) in [4.78, 5) is 15.4. The Labute approximate surface area is 101 Å². The van der Waals surface area contributed by atoms with Crippen LogP contribution in [-0.2, 0) is 6.54 Å². The summed E-state index contributed by atoms with van der Waals surface area (Å²) in [6.45, 7) is 2.90. The molecule has 4 heteroatoms. The van der Waals surface area contributed by atoms with E-state index in [4.69, 9.17) is 0 Å². The first-order valence-corrected chi connectivity index (χ1v) is 5.92. The van der Waals surface area contributed by atoms with Gasteiger partial charge in [-0.25, -0.2) is 4.79 Å². The van der Waals surface area contributed by atoms with Crippen LogP contribution in [0.15, 0.2) is 24.3 Å². The number of amides is 2. The second kappa shape index (κ2) is 4.75. The predicted molar refractivity (Wildman–Crippen MR) is 66.9 cm³/mol. The lowest BCUT2D eigenvalue weighted by atomic mass is 10.1. The minimum absolute atomic E-state index is 0.0452. The Morgan fingerprint density at radius 3 is 2.82 bits per heavy atom. The highest BCUT2D eigenvalue weighted by Crippen LogP contribution is 2.27. The van der Waals surface area contributed by atoms with E-state index in [9.17, 15) is 9.90 Å². The molecule has 4 nitrogen and oxygen atoms in total. The SMILES string of the molecule is CCC(O)CN1C(=O)N(C)Cc2ccccc21. The molecule has 1 N–H and O–H groups in total. The maximum absolute atomic E-state index is 12.1. The first kappa shape index (κ1) is 11.9. The molecule has 0 saturated heterocycles. The number of carbonyl (C=O) groups is 1. The average Bonchev–Trinajstić information content (AvgIpc) is 2.34. The molecule has 1 heterocycles. The lowest BCUT2D eigenvalue weighted by Gasteiger charge is -2.36. The normalized spacial score (nSPS) is 17.0. The fourth-order valence-electron chi connectivity index (χ4n) is 2.06. The van der Waals surface area contributed by atoms with Crippen molar-refractivity contribution in [2.45, 2.75) is 26.0 Å². The molecule has 1 unspecified atom stereocenters. The van der Waals surface area contributed by atoms with Crippen molar-refractivity contribution in [3.05, 3.63) is 29.8 Å². The van der Waals surface area contributed by atoms with E-state index in [2.05, 4.69) is 0 Å². The van der Waals surface area contributed by atoms with Gasteiger partial charge in [-0.2, -0.15) is 0 Å². The van der Waals surface area contributed by atoms with Gasteiger partial charge in [0.25, 0.3) is 0 Å². The molecule has 0 radical (unpaired) electrons. The van der Waals surface area contributed by atoms with Crippen molar-refractivity contribution in [2.75, 3.05) is 18.5 Å². The molecule has 2 rings (SSSR count). The number of para-hydroxylation sites is 1. The van der Waals surface area contributed by atoms with E-state index in [0.717, 1.165) is 11.3 Å². The number of aliphatic hydroxyl groups excluding tert-OH is 1. The third-order valence-electron chi connectivity index (χ3n) is 3.11. The molecular weight excluding hydrogens is 216 g/mol. The molecule has 0 fully saturated rings. The smallest absolute Gasteiger partial charge is 0.324 e. The Hall–Kier alpha value is -1.55. The summed E-state index contributed by atoms with van der Waals surface area (Å²) in [5, 5.41) is 9.73. The van der Waals surface area contributed by atoms with Gasteiger partial charge in [-0.1, -0.05) is 25.1 Å². The third-order valence-corrected chi connectivity index (χ3v) is 3.11. The zero-order valence-electron chi connectivity index (χ0n) is 10.3. The van der Waals surface area contributed by atoms with Crippen LogP contribution >= 0.6 is 0 Å². The maximum Gasteiger partial charge on any atom is 0.324 e. The molecular formula is C13H18N2O2. The van der Waals surface area contributed by atoms with Gasteiger partial charge in [0.05, 0.1) is 18.3 Å². The number of anilines is 1. The number of hydrogen-bond acceptors (Lipinski definition) is 2. The lowest BCUT2D eigenvalue weighted by Crippen LogP contribution is -2.48. The second-order valence-corrected chi connectivity index (χ2v) is 4.44. The van der Waals surface area contributed by atoms with Gasteiger partial charge in [0.2, 0.25) is 0 Å². The lowest BCUT2D eigenvalue weighted by molar-refractivity contribution is 0.167. The summed E-state index contributed by atoms with van der Waals surface area (Å²) in [6, 6.07) is 7.79. The highest BCUT2D eigenvalue weighted by molar-refractivity contribution is 5.94. The van der Waals surface area contributed by atoms with Crippen LogP contribution in [0.4, 0.5) is 10.5 Å². The Bertz CT molecular complexity index is 420. The van der Waals surface area contributed by atoms with Crippen LogP contribution < -0.4 is 4.90 Å². The molecule has 1 atom stereocenters. The van der Waals surface area contributed by atoms with Crippen molar-refractivity contribution in [1.29, 1.82) is 0 Å². The van der Waals surface area contributed by atoms with Gasteiger partial charge in [0.1, 0.15) is 0 Å². The minimum Gasteiger partial charge on any atom is -0.391 e. The van der Waals surface area contributed by atoms with Gasteiger partial charge in [-0.05, 0) is 18.1 Å². The zero-order valence-corrected chi connectivity index (χ0v) is 10.3. The molecule has 0 bridgehead atoms. The van der Waals surface area contributed by atoms with E-state index in [1.807, 2.05) is 31.2 Å². The molecule has 92 valence electrons. The van der Waals surface area contributed by atoms with Gasteiger partial charge in [-0.15, -0.1) is 0 Å². The number of nitrogens with zero attached hydrogens (tertiary/aromatic N) is 2. The molecule has 17 heavy (non-hydrogen) atoms. The molecule has 1 aromatic rings. The van der Waals surface area contributed by atoms with E-state index in [-0.39, 0.29) is 6.03 Å². The molecule has 1 aliphatic rings. The summed E-state index contributed by atoms with van der Waals surface area (Å²) >= 11 is 0. The van der Waals surface area contributed by atoms with Crippen LogP contribution in [-0.4, -0.2) is 35.7 Å². The Kier molecular flexibility index (Phi) is 3.33. The van der Waals surface area contributed by atoms with Gasteiger partial charge in [0, 0.05) is 13.6 Å². The zero-order chi connectivity index (χ0) is 12.4. The first-order chi connectivity index (χ1) is 8.13. The van der Waals surface area contributed by atoms with Gasteiger partial charge in [-0.3, -0.25) is 4.90 Å². The topological polar surface area (TPSA) is 43.8 Å². The summed E-state index contributed by atoms with van der Waals surface area (Å²) in [6.07, 6.45) is 0.175. The predicted octanol–water partition coefficient (Wildman–Crippen LogP) is 1.83. The second-order valence-electron chi connectivity index (χ2n) is 4.44. The quantitative estimate of drug-likeness (QED) is 0.867. The summed E-state index contributed by atoms with van der Waals surface area (Å²) in [5.74, 6) is 0. The molecule has 0 saturated carbocycles. The Morgan fingerprint density at radius 1 is 1.41 bits per heavy atom. The number of rotatable bonds is 3. The molecule has 0 spiro atoms. The van der Waals surface area contributed by atoms with Crippen molar-refractivity contribution in [2.24, 2.45) is 0 Å². The summed E-state index contributed by atoms with van der Waals surface area (Å²) < 4.78 is 0. The van der Waals surface area contributed by atoms with Crippen molar-refractivity contribution in [3.63, 3.8) is 0 Å². The fraction of sp³-hybridized carbons (Fsp3) is 0.462. The van der Waals surface area contributed by atoms with Crippen molar-refractivity contribution < 1.29 is 9.90 Å². The first-order valence-electron chi connectivity index (χ1n) is 5.92. The number of carbonyl (C=O) groups excluding carboxylic acids is 1. The van der Waals surface area contributed by atoms with Crippen LogP contribution in [0.5, 0.6) is 0 Å². The number of benzene rings is 1. The maximum atomic E-state index is 12.1. The average molecular weight is 234 g/mol. The Morgan fingerprint density at radius 2 is 2.12 bits per heavy atom. The van der Waals surface area contributed by atoms with Crippen LogP contribution in [0.25, 0.3) is 0 Å². The van der Waals surface area contributed by atoms with E-state index in [1.165, 1.54) is 0 Å². The highest BCUT2D eigenvalue weighted by Gasteiger charge is 2.28. The van der Waals surface area contributed by atoms with Gasteiger partial charge in [0.15, 0.2) is 0 Å². The van der Waals surface area contributed by atoms with Crippen molar-refractivity contribution in [1.82, 2.24) is 4.90 Å². The Balaban J connectivity index is 2.32. The van der Waals surface area contributed by atoms with E-state index < -0.39 is 6.10 Å². The fourth-order valence-corrected chi connectivity index (χ4v) is 2.06. The molecule has 1 aliphatic heterocycles. The standard InChI is InChI=1S/C13H18N2O2/c1-3-11(16)9-15-12-7-5-4-6-10(12)8-14(2)13(15)17/h4-7,11,16H,3,8-9H2,1-2H3. The number of fused-ring (bicyclic) bond motifs is 1. The number of hydrogen-bond donors (Lipinski definition) is 1. The monoisotopic (exact) mass is 234 g/mol. The number of β-amino-alcohol motifs (C(OH)–C–C–N with tert-alkyl or cyclic N) is 1. The van der Waals surface area contributed by atoms with Crippen molar-refractivity contribution in [3.8, 4) is 0 Å². The summed E-state index contributed by atoms with van der Waals surface area (Å²) in [7, 11) is 1.78. The van der Waals surface area contributed by atoms with Gasteiger partial charge >= 0.3 is 6.03 Å². The summed E-state index contributed by atoms with van der Waals surface area (Å²) in [5.41, 5.74) is 2.04. The number of urea groups is 1. The molecule has 1 aromatic carbocycles. The van der Waals surface area contributed by atoms with E-state index in [0.29, 0.717) is 19.5 Å². The third kappa shape index (κ3) is 2.26. The van der Waals surface area contributed by atoms with Crippen LogP contribution in [0.2, 0.25) is 0 Å². The molecule has 2 amide bonds. The van der Waals surface area contributed by atoms with Crippen molar-refractivity contribution >= 4 is 11.7 Å². The van der Waals surface area contributed by atoms with E-state index >= 15 is 0 Å². The minimum atomic E-state index is -0.474. The van der Waals surface area contributed by atoms with Crippen LogP contribution in [0, 0.1) is 0 Å².